The Morgan fingerprint density at radius 1 is 1.56 bits per heavy atom. The molecule has 0 unspecified atom stereocenters. The number of carbonyl (C=O) groups excluding carboxylic acids is 1. The van der Waals surface area contributed by atoms with Crippen LogP contribution in [0.5, 0.6) is 0 Å². The first-order chi connectivity index (χ1) is 8.66. The fourth-order valence-electron chi connectivity index (χ4n) is 1.79. The quantitative estimate of drug-likeness (QED) is 0.733. The van der Waals surface area contributed by atoms with Gasteiger partial charge in [-0.15, -0.1) is 0 Å². The lowest BCUT2D eigenvalue weighted by molar-refractivity contribution is -0.0303. The van der Waals surface area contributed by atoms with E-state index in [0.717, 1.165) is 30.6 Å². The van der Waals surface area contributed by atoms with Crippen molar-refractivity contribution in [3.63, 3.8) is 0 Å². The Hall–Kier alpha value is -1.69. The molecule has 1 aromatic heterocycles. The third kappa shape index (κ3) is 3.16. The molecule has 0 spiro atoms. The topological polar surface area (TPSA) is 70.4 Å². The molecule has 0 aliphatic carbocycles. The summed E-state index contributed by atoms with van der Waals surface area (Å²) in [4.78, 5) is 22.8. The van der Waals surface area contributed by atoms with Crippen LogP contribution in [-0.2, 0) is 16.5 Å². The molecular weight excluding hydrogens is 236 g/mol. The third-order valence-corrected chi connectivity index (χ3v) is 2.84. The van der Waals surface area contributed by atoms with Crippen LogP contribution >= 0.6 is 0 Å². The van der Waals surface area contributed by atoms with Gasteiger partial charge < -0.3 is 9.47 Å². The molecule has 1 aliphatic rings. The van der Waals surface area contributed by atoms with Crippen molar-refractivity contribution >= 4 is 5.97 Å². The highest BCUT2D eigenvalue weighted by molar-refractivity contribution is 5.86. The van der Waals surface area contributed by atoms with E-state index in [9.17, 15) is 9.59 Å². The maximum Gasteiger partial charge on any atom is 0.358 e. The summed E-state index contributed by atoms with van der Waals surface area (Å²) in [6.45, 7) is 0.962. The number of rotatable bonds is 3. The Labute approximate surface area is 105 Å². The van der Waals surface area contributed by atoms with E-state index in [4.69, 9.17) is 9.47 Å². The van der Waals surface area contributed by atoms with Crippen LogP contribution in [0.25, 0.3) is 0 Å². The van der Waals surface area contributed by atoms with Gasteiger partial charge in [0, 0.05) is 19.7 Å². The second-order valence-electron chi connectivity index (χ2n) is 4.27. The van der Waals surface area contributed by atoms with E-state index in [2.05, 4.69) is 5.10 Å². The first-order valence-electron chi connectivity index (χ1n) is 6.00. The third-order valence-electron chi connectivity index (χ3n) is 2.84. The van der Waals surface area contributed by atoms with Gasteiger partial charge in [0.2, 0.25) is 0 Å². The normalized spacial score (nSPS) is 19.5. The molecule has 0 aromatic carbocycles. The van der Waals surface area contributed by atoms with Crippen LogP contribution in [0.15, 0.2) is 16.9 Å². The molecule has 1 aromatic rings. The van der Waals surface area contributed by atoms with Crippen molar-refractivity contribution in [1.29, 1.82) is 0 Å². The summed E-state index contributed by atoms with van der Waals surface area (Å²) < 4.78 is 11.7. The van der Waals surface area contributed by atoms with Crippen molar-refractivity contribution < 1.29 is 14.3 Å². The summed E-state index contributed by atoms with van der Waals surface area (Å²) in [7, 11) is 1.49. The summed E-state index contributed by atoms with van der Waals surface area (Å²) in [5.41, 5.74) is -0.130. The van der Waals surface area contributed by atoms with Gasteiger partial charge in [0.05, 0.1) is 6.10 Å². The van der Waals surface area contributed by atoms with E-state index in [1.165, 1.54) is 19.2 Å². The van der Waals surface area contributed by atoms with E-state index >= 15 is 0 Å². The fourth-order valence-corrected chi connectivity index (χ4v) is 1.79. The minimum absolute atomic E-state index is 0.0183. The van der Waals surface area contributed by atoms with Crippen LogP contribution < -0.4 is 5.56 Å². The van der Waals surface area contributed by atoms with Crippen LogP contribution in [0, 0.1) is 0 Å². The van der Waals surface area contributed by atoms with Gasteiger partial charge in [-0.25, -0.2) is 9.48 Å². The maximum absolute atomic E-state index is 11.7. The van der Waals surface area contributed by atoms with E-state index in [0.29, 0.717) is 0 Å². The first kappa shape index (κ1) is 12.8. The molecule has 0 radical (unpaired) electrons. The molecule has 98 valence electrons. The van der Waals surface area contributed by atoms with Gasteiger partial charge in [-0.1, -0.05) is 0 Å². The van der Waals surface area contributed by atoms with E-state index in [1.54, 1.807) is 0 Å². The molecule has 18 heavy (non-hydrogen) atoms. The summed E-state index contributed by atoms with van der Waals surface area (Å²) in [5.74, 6) is -0.528. The predicted molar refractivity (Wildman–Crippen MR) is 63.4 cm³/mol. The molecule has 0 saturated carbocycles. The minimum Gasteiger partial charge on any atom is -0.458 e. The molecule has 1 aliphatic heterocycles. The predicted octanol–water partition coefficient (Wildman–Crippen LogP) is 0.506. The van der Waals surface area contributed by atoms with E-state index < -0.39 is 5.97 Å². The Morgan fingerprint density at radius 2 is 2.39 bits per heavy atom. The zero-order valence-electron chi connectivity index (χ0n) is 10.3. The molecule has 2 rings (SSSR count). The molecule has 1 atom stereocenters. The Bertz CT molecular complexity index is 477. The number of aromatic nitrogens is 2. The van der Waals surface area contributed by atoms with Gasteiger partial charge in [0.1, 0.15) is 6.61 Å². The molecule has 2 heterocycles. The lowest BCUT2D eigenvalue weighted by atomic mass is 10.1. The fraction of sp³-hybridized carbons (Fsp3) is 0.583. The van der Waals surface area contributed by atoms with Crippen molar-refractivity contribution in [2.75, 3.05) is 13.2 Å². The van der Waals surface area contributed by atoms with Gasteiger partial charge >= 0.3 is 5.97 Å². The highest BCUT2D eigenvalue weighted by atomic mass is 16.6. The zero-order chi connectivity index (χ0) is 13.0. The number of carbonyl (C=O) groups is 1. The van der Waals surface area contributed by atoms with Crippen molar-refractivity contribution in [3.8, 4) is 0 Å². The van der Waals surface area contributed by atoms with Gasteiger partial charge in [0.25, 0.3) is 5.56 Å². The molecule has 6 nitrogen and oxygen atoms in total. The second kappa shape index (κ2) is 5.77. The SMILES string of the molecule is Cn1nc(C(=O)OC[C@H]2CCCCO2)ccc1=O. The number of ether oxygens (including phenoxy) is 2. The van der Waals surface area contributed by atoms with Gasteiger partial charge in [-0.05, 0) is 25.3 Å². The zero-order valence-corrected chi connectivity index (χ0v) is 10.3. The molecule has 1 fully saturated rings. The highest BCUT2D eigenvalue weighted by Gasteiger charge is 2.17. The van der Waals surface area contributed by atoms with Crippen LogP contribution in [0.3, 0.4) is 0 Å². The van der Waals surface area contributed by atoms with Gasteiger partial charge in [-0.2, -0.15) is 5.10 Å². The number of aryl methyl sites for hydroxylation is 1. The molecule has 0 N–H and O–H groups in total. The number of esters is 1. The maximum atomic E-state index is 11.7. The molecule has 6 heteroatoms. The lowest BCUT2D eigenvalue weighted by Gasteiger charge is -2.21. The van der Waals surface area contributed by atoms with Crippen molar-refractivity contribution in [2.24, 2.45) is 7.05 Å². The number of hydrogen-bond donors (Lipinski definition) is 0. The average molecular weight is 252 g/mol. The Morgan fingerprint density at radius 3 is 3.06 bits per heavy atom. The van der Waals surface area contributed by atoms with Crippen LogP contribution in [0.2, 0.25) is 0 Å². The van der Waals surface area contributed by atoms with Crippen molar-refractivity contribution in [2.45, 2.75) is 25.4 Å². The highest BCUT2D eigenvalue weighted by Crippen LogP contribution is 2.13. The second-order valence-corrected chi connectivity index (χ2v) is 4.27. The molecule has 0 amide bonds. The van der Waals surface area contributed by atoms with Crippen LogP contribution in [-0.4, -0.2) is 35.1 Å². The van der Waals surface area contributed by atoms with Crippen molar-refractivity contribution in [1.82, 2.24) is 9.78 Å². The minimum atomic E-state index is -0.528. The lowest BCUT2D eigenvalue weighted by Crippen LogP contribution is -2.27. The molecule has 0 bridgehead atoms. The smallest absolute Gasteiger partial charge is 0.358 e. The van der Waals surface area contributed by atoms with Gasteiger partial charge in [0.15, 0.2) is 5.69 Å². The average Bonchev–Trinajstić information content (AvgIpc) is 2.40. The summed E-state index contributed by atoms with van der Waals surface area (Å²) in [6, 6.07) is 2.66. The summed E-state index contributed by atoms with van der Waals surface area (Å²) in [6.07, 6.45) is 3.05. The largest absolute Gasteiger partial charge is 0.458 e. The monoisotopic (exact) mass is 252 g/mol. The van der Waals surface area contributed by atoms with Crippen molar-refractivity contribution in [3.05, 3.63) is 28.2 Å². The van der Waals surface area contributed by atoms with E-state index in [1.807, 2.05) is 0 Å². The van der Waals surface area contributed by atoms with E-state index in [-0.39, 0.29) is 24.0 Å². The Kier molecular flexibility index (Phi) is 4.09. The standard InChI is InChI=1S/C12H16N2O4/c1-14-11(15)6-5-10(13-14)12(16)18-8-9-4-2-3-7-17-9/h5-6,9H,2-4,7-8H2,1H3/t9-/m1/s1. The summed E-state index contributed by atoms with van der Waals surface area (Å²) >= 11 is 0. The first-order valence-corrected chi connectivity index (χ1v) is 6.00. The number of nitrogens with zero attached hydrogens (tertiary/aromatic N) is 2. The van der Waals surface area contributed by atoms with Gasteiger partial charge in [-0.3, -0.25) is 4.79 Å². The summed E-state index contributed by atoms with van der Waals surface area (Å²) in [5, 5.41) is 3.83. The molecular formula is C12H16N2O4. The Balaban J connectivity index is 1.90. The van der Waals surface area contributed by atoms with Crippen LogP contribution in [0.4, 0.5) is 0 Å². The number of hydrogen-bond acceptors (Lipinski definition) is 5. The van der Waals surface area contributed by atoms with Crippen LogP contribution in [0.1, 0.15) is 29.8 Å². The molecule has 1 saturated heterocycles.